The summed E-state index contributed by atoms with van der Waals surface area (Å²) in [6.45, 7) is 1.92. The molecule has 25 heavy (non-hydrogen) atoms. The lowest BCUT2D eigenvalue weighted by atomic mass is 9.87. The molecule has 5 heteroatoms. The first kappa shape index (κ1) is 18.1. The van der Waals surface area contributed by atoms with E-state index in [0.29, 0.717) is 15.8 Å². The van der Waals surface area contributed by atoms with Crippen LogP contribution in [0.3, 0.4) is 0 Å². The van der Waals surface area contributed by atoms with E-state index in [1.807, 2.05) is 25.2 Å². The fourth-order valence-electron chi connectivity index (χ4n) is 3.57. The van der Waals surface area contributed by atoms with E-state index in [0.717, 1.165) is 32.4 Å². The zero-order valence-corrected chi connectivity index (χ0v) is 15.7. The number of sulfone groups is 1. The second kappa shape index (κ2) is 7.68. The van der Waals surface area contributed by atoms with Crippen molar-refractivity contribution in [1.82, 2.24) is 10.2 Å². The number of nitrogens with one attached hydrogen (secondary N) is 1. The third-order valence-corrected chi connectivity index (χ3v) is 6.77. The number of aryl methyl sites for hydroxylation is 1. The third kappa shape index (κ3) is 3.78. The van der Waals surface area contributed by atoms with Gasteiger partial charge in [-0.1, -0.05) is 24.3 Å². The molecule has 0 amide bonds. The molecule has 0 bridgehead atoms. The maximum Gasteiger partial charge on any atom is 0.206 e. The van der Waals surface area contributed by atoms with Gasteiger partial charge in [0.1, 0.15) is 0 Å². The molecular formula is C20H26N2O2S. The lowest BCUT2D eigenvalue weighted by Gasteiger charge is -2.33. The van der Waals surface area contributed by atoms with Crippen LogP contribution in [-0.4, -0.2) is 40.5 Å². The van der Waals surface area contributed by atoms with E-state index in [2.05, 4.69) is 17.3 Å². The maximum absolute atomic E-state index is 12.9. The van der Waals surface area contributed by atoms with E-state index in [1.54, 1.807) is 30.3 Å². The zero-order chi connectivity index (χ0) is 17.9. The Morgan fingerprint density at radius 1 is 1.12 bits per heavy atom. The molecule has 1 atom stereocenters. The summed E-state index contributed by atoms with van der Waals surface area (Å²) in [6.07, 6.45) is 3.16. The molecule has 3 rings (SSSR count). The van der Waals surface area contributed by atoms with Gasteiger partial charge in [-0.3, -0.25) is 4.90 Å². The van der Waals surface area contributed by atoms with Gasteiger partial charge in [0, 0.05) is 19.1 Å². The molecule has 4 nitrogen and oxygen atoms in total. The molecule has 2 aromatic carbocycles. The number of fused-ring (bicyclic) bond motifs is 1. The van der Waals surface area contributed by atoms with E-state index >= 15 is 0 Å². The predicted octanol–water partition coefficient (Wildman–Crippen LogP) is 3.05. The lowest BCUT2D eigenvalue weighted by molar-refractivity contribution is 0.223. The van der Waals surface area contributed by atoms with Crippen molar-refractivity contribution in [3.05, 3.63) is 59.7 Å². The van der Waals surface area contributed by atoms with Gasteiger partial charge in [0.2, 0.25) is 9.84 Å². The Balaban J connectivity index is 1.92. The van der Waals surface area contributed by atoms with Crippen LogP contribution in [0.4, 0.5) is 0 Å². The second-order valence-corrected chi connectivity index (χ2v) is 8.62. The van der Waals surface area contributed by atoms with Crippen LogP contribution in [0.15, 0.2) is 58.3 Å². The van der Waals surface area contributed by atoms with Gasteiger partial charge in [-0.05, 0) is 68.8 Å². The Bertz CT molecular complexity index is 819. The molecule has 1 aliphatic rings. The van der Waals surface area contributed by atoms with Crippen LogP contribution in [0.1, 0.15) is 30.0 Å². The summed E-state index contributed by atoms with van der Waals surface area (Å²) in [5.74, 6) is 0. The van der Waals surface area contributed by atoms with E-state index in [1.165, 1.54) is 11.1 Å². The van der Waals surface area contributed by atoms with Gasteiger partial charge in [-0.2, -0.15) is 0 Å². The number of benzene rings is 2. The van der Waals surface area contributed by atoms with Crippen molar-refractivity contribution in [3.63, 3.8) is 0 Å². The fraction of sp³-hybridized carbons (Fsp3) is 0.400. The van der Waals surface area contributed by atoms with Gasteiger partial charge in [0.05, 0.1) is 9.79 Å². The smallest absolute Gasteiger partial charge is 0.206 e. The van der Waals surface area contributed by atoms with Crippen molar-refractivity contribution in [2.75, 3.05) is 27.2 Å². The zero-order valence-electron chi connectivity index (χ0n) is 14.9. The van der Waals surface area contributed by atoms with Crippen molar-refractivity contribution in [2.24, 2.45) is 0 Å². The third-order valence-electron chi connectivity index (χ3n) is 5.01. The van der Waals surface area contributed by atoms with E-state index < -0.39 is 9.84 Å². The highest BCUT2D eigenvalue weighted by Gasteiger charge is 2.26. The van der Waals surface area contributed by atoms with Crippen LogP contribution in [0.5, 0.6) is 0 Å². The minimum atomic E-state index is -3.45. The number of nitrogens with zero attached hydrogens (tertiary/aromatic N) is 1. The van der Waals surface area contributed by atoms with Crippen LogP contribution in [0, 0.1) is 0 Å². The number of hydrogen-bond donors (Lipinski definition) is 1. The van der Waals surface area contributed by atoms with Crippen LogP contribution in [0.2, 0.25) is 0 Å². The lowest BCUT2D eigenvalue weighted by Crippen LogP contribution is -2.33. The molecule has 1 N–H and O–H groups in total. The Morgan fingerprint density at radius 2 is 1.88 bits per heavy atom. The quantitative estimate of drug-likeness (QED) is 0.862. The summed E-state index contributed by atoms with van der Waals surface area (Å²) in [5, 5.41) is 3.19. The van der Waals surface area contributed by atoms with Crippen molar-refractivity contribution in [3.8, 4) is 0 Å². The molecule has 2 aromatic rings. The summed E-state index contributed by atoms with van der Waals surface area (Å²) >= 11 is 0. The number of likely N-dealkylation sites (N-methyl/N-ethyl adjacent to an activating group) is 2. The highest BCUT2D eigenvalue weighted by molar-refractivity contribution is 7.91. The maximum atomic E-state index is 12.9. The molecule has 1 unspecified atom stereocenters. The van der Waals surface area contributed by atoms with Gasteiger partial charge >= 0.3 is 0 Å². The first-order valence-electron chi connectivity index (χ1n) is 8.82. The molecule has 0 spiro atoms. The summed E-state index contributed by atoms with van der Waals surface area (Å²) in [5.41, 5.74) is 2.45. The summed E-state index contributed by atoms with van der Waals surface area (Å²) in [6, 6.07) is 14.7. The van der Waals surface area contributed by atoms with Gasteiger partial charge in [0.15, 0.2) is 0 Å². The Hall–Kier alpha value is -1.69. The molecule has 0 saturated carbocycles. The summed E-state index contributed by atoms with van der Waals surface area (Å²) < 4.78 is 25.7. The number of hydrogen-bond acceptors (Lipinski definition) is 4. The highest BCUT2D eigenvalue weighted by atomic mass is 32.2. The largest absolute Gasteiger partial charge is 0.318 e. The Kier molecular flexibility index (Phi) is 5.57. The SMILES string of the molecule is CNCCN(C)C1CCCc2cc(S(=O)(=O)c3ccccc3)ccc21. The van der Waals surface area contributed by atoms with Crippen molar-refractivity contribution >= 4 is 9.84 Å². The normalized spacial score (nSPS) is 17.5. The average Bonchev–Trinajstić information content (AvgIpc) is 2.65. The van der Waals surface area contributed by atoms with Crippen molar-refractivity contribution in [1.29, 1.82) is 0 Å². The van der Waals surface area contributed by atoms with Crippen LogP contribution >= 0.6 is 0 Å². The number of rotatable bonds is 6. The van der Waals surface area contributed by atoms with Gasteiger partial charge < -0.3 is 5.32 Å². The molecule has 0 heterocycles. The minimum Gasteiger partial charge on any atom is -0.318 e. The van der Waals surface area contributed by atoms with Crippen molar-refractivity contribution < 1.29 is 8.42 Å². The molecule has 0 fully saturated rings. The highest BCUT2D eigenvalue weighted by Crippen LogP contribution is 2.35. The minimum absolute atomic E-state index is 0.355. The predicted molar refractivity (Wildman–Crippen MR) is 101 cm³/mol. The van der Waals surface area contributed by atoms with E-state index in [-0.39, 0.29) is 0 Å². The van der Waals surface area contributed by atoms with Gasteiger partial charge in [0.25, 0.3) is 0 Å². The monoisotopic (exact) mass is 358 g/mol. The van der Waals surface area contributed by atoms with Gasteiger partial charge in [-0.25, -0.2) is 8.42 Å². The topological polar surface area (TPSA) is 49.4 Å². The fourth-order valence-corrected chi connectivity index (χ4v) is 4.90. The molecular weight excluding hydrogens is 332 g/mol. The Labute approximate surface area is 150 Å². The standard InChI is InChI=1S/C20H26N2O2S/c1-21-13-14-22(2)20-10-6-7-16-15-18(11-12-19(16)20)25(23,24)17-8-4-3-5-9-17/h3-5,8-9,11-12,15,20-21H,6-7,10,13-14H2,1-2H3. The molecule has 134 valence electrons. The molecule has 0 aliphatic heterocycles. The summed E-state index contributed by atoms with van der Waals surface area (Å²) in [7, 11) is 0.658. The van der Waals surface area contributed by atoms with E-state index in [4.69, 9.17) is 0 Å². The van der Waals surface area contributed by atoms with Crippen LogP contribution in [0.25, 0.3) is 0 Å². The van der Waals surface area contributed by atoms with Gasteiger partial charge in [-0.15, -0.1) is 0 Å². The molecule has 0 aromatic heterocycles. The molecule has 0 radical (unpaired) electrons. The van der Waals surface area contributed by atoms with Crippen molar-refractivity contribution in [2.45, 2.75) is 35.1 Å². The Morgan fingerprint density at radius 3 is 2.60 bits per heavy atom. The first-order valence-corrected chi connectivity index (χ1v) is 10.3. The van der Waals surface area contributed by atoms with E-state index in [9.17, 15) is 8.42 Å². The van der Waals surface area contributed by atoms with Crippen LogP contribution < -0.4 is 5.32 Å². The second-order valence-electron chi connectivity index (χ2n) is 6.67. The first-order chi connectivity index (χ1) is 12.0. The summed E-state index contributed by atoms with van der Waals surface area (Å²) in [4.78, 5) is 3.12. The molecule has 1 aliphatic carbocycles. The average molecular weight is 359 g/mol. The molecule has 0 saturated heterocycles. The van der Waals surface area contributed by atoms with Crippen LogP contribution in [-0.2, 0) is 16.3 Å².